The first-order chi connectivity index (χ1) is 10.1. The molecule has 22 heavy (non-hydrogen) atoms. The Morgan fingerprint density at radius 1 is 1.32 bits per heavy atom. The lowest BCUT2D eigenvalue weighted by molar-refractivity contribution is -0.119. The SMILES string of the molecule is Cc1ccc(N(CC(=O)NCCN(C)C)S(C)(=O)=O)cc1Br. The molecule has 0 aliphatic rings. The van der Waals surface area contributed by atoms with Crippen LogP contribution in [-0.4, -0.2) is 59.2 Å². The summed E-state index contributed by atoms with van der Waals surface area (Å²) in [6.45, 7) is 2.84. The molecule has 0 heterocycles. The molecular formula is C14H22BrN3O3S. The van der Waals surface area contributed by atoms with Crippen molar-refractivity contribution < 1.29 is 13.2 Å². The van der Waals surface area contributed by atoms with E-state index in [9.17, 15) is 13.2 Å². The van der Waals surface area contributed by atoms with Crippen molar-refractivity contribution >= 4 is 37.5 Å². The van der Waals surface area contributed by atoms with Gasteiger partial charge in [-0.3, -0.25) is 9.10 Å². The monoisotopic (exact) mass is 391 g/mol. The fourth-order valence-corrected chi connectivity index (χ4v) is 2.96. The number of carbonyl (C=O) groups is 1. The van der Waals surface area contributed by atoms with Gasteiger partial charge in [-0.05, 0) is 38.7 Å². The molecule has 1 amide bonds. The van der Waals surface area contributed by atoms with E-state index in [1.165, 1.54) is 0 Å². The molecule has 0 aromatic heterocycles. The number of halogens is 1. The Kier molecular flexibility index (Phi) is 6.83. The average Bonchev–Trinajstić information content (AvgIpc) is 2.37. The molecular weight excluding hydrogens is 370 g/mol. The first-order valence-electron chi connectivity index (χ1n) is 6.76. The number of nitrogens with zero attached hydrogens (tertiary/aromatic N) is 2. The highest BCUT2D eigenvalue weighted by molar-refractivity contribution is 9.10. The van der Waals surface area contributed by atoms with Crippen LogP contribution in [0.4, 0.5) is 5.69 Å². The third-order valence-corrected chi connectivity index (χ3v) is 5.01. The Morgan fingerprint density at radius 2 is 1.95 bits per heavy atom. The van der Waals surface area contributed by atoms with E-state index in [0.29, 0.717) is 18.8 Å². The quantitative estimate of drug-likeness (QED) is 0.757. The van der Waals surface area contributed by atoms with Gasteiger partial charge in [-0.15, -0.1) is 0 Å². The molecule has 0 saturated carbocycles. The number of benzene rings is 1. The molecule has 0 aliphatic heterocycles. The van der Waals surface area contributed by atoms with Gasteiger partial charge < -0.3 is 10.2 Å². The van der Waals surface area contributed by atoms with Crippen LogP contribution in [0.2, 0.25) is 0 Å². The second-order valence-electron chi connectivity index (χ2n) is 5.36. The second-order valence-corrected chi connectivity index (χ2v) is 8.12. The van der Waals surface area contributed by atoms with Crippen LogP contribution in [-0.2, 0) is 14.8 Å². The summed E-state index contributed by atoms with van der Waals surface area (Å²) in [4.78, 5) is 13.9. The smallest absolute Gasteiger partial charge is 0.240 e. The second kappa shape index (κ2) is 7.94. The van der Waals surface area contributed by atoms with E-state index < -0.39 is 10.0 Å². The van der Waals surface area contributed by atoms with Gasteiger partial charge in [0.25, 0.3) is 0 Å². The minimum absolute atomic E-state index is 0.234. The zero-order valence-electron chi connectivity index (χ0n) is 13.3. The standard InChI is InChI=1S/C14H22BrN3O3S/c1-11-5-6-12(9-13(11)15)18(22(4,20)21)10-14(19)16-7-8-17(2)3/h5-6,9H,7-8,10H2,1-4H3,(H,16,19). The molecule has 1 aromatic carbocycles. The number of hydrogen-bond acceptors (Lipinski definition) is 4. The van der Waals surface area contributed by atoms with E-state index in [-0.39, 0.29) is 12.5 Å². The van der Waals surface area contributed by atoms with Crippen LogP contribution in [0.3, 0.4) is 0 Å². The van der Waals surface area contributed by atoms with Crippen molar-refractivity contribution in [2.24, 2.45) is 0 Å². The van der Waals surface area contributed by atoms with Gasteiger partial charge in [0, 0.05) is 17.6 Å². The van der Waals surface area contributed by atoms with E-state index in [1.807, 2.05) is 32.0 Å². The molecule has 0 bridgehead atoms. The maximum Gasteiger partial charge on any atom is 0.240 e. The minimum atomic E-state index is -3.54. The molecule has 0 unspecified atom stereocenters. The Bertz CT molecular complexity index is 632. The van der Waals surface area contributed by atoms with Crippen LogP contribution in [0.1, 0.15) is 5.56 Å². The van der Waals surface area contributed by atoms with Crippen molar-refractivity contribution in [2.75, 3.05) is 44.3 Å². The zero-order valence-corrected chi connectivity index (χ0v) is 15.7. The predicted octanol–water partition coefficient (Wildman–Crippen LogP) is 1.20. The van der Waals surface area contributed by atoms with Gasteiger partial charge in [0.2, 0.25) is 15.9 Å². The number of carbonyl (C=O) groups excluding carboxylic acids is 1. The van der Waals surface area contributed by atoms with Crippen LogP contribution < -0.4 is 9.62 Å². The third-order valence-electron chi connectivity index (χ3n) is 3.01. The van der Waals surface area contributed by atoms with Crippen molar-refractivity contribution in [1.29, 1.82) is 0 Å². The molecule has 0 atom stereocenters. The fraction of sp³-hybridized carbons (Fsp3) is 0.500. The molecule has 1 rings (SSSR count). The number of amides is 1. The van der Waals surface area contributed by atoms with Crippen LogP contribution >= 0.6 is 15.9 Å². The summed E-state index contributed by atoms with van der Waals surface area (Å²) in [5, 5.41) is 2.71. The molecule has 0 saturated heterocycles. The summed E-state index contributed by atoms with van der Waals surface area (Å²) in [6.07, 6.45) is 1.09. The molecule has 6 nitrogen and oxygen atoms in total. The third kappa shape index (κ3) is 5.94. The van der Waals surface area contributed by atoms with Crippen LogP contribution in [0.5, 0.6) is 0 Å². The lowest BCUT2D eigenvalue weighted by Crippen LogP contribution is -2.42. The first-order valence-corrected chi connectivity index (χ1v) is 9.40. The largest absolute Gasteiger partial charge is 0.353 e. The Morgan fingerprint density at radius 3 is 2.45 bits per heavy atom. The molecule has 1 aromatic rings. The van der Waals surface area contributed by atoms with Gasteiger partial charge in [0.1, 0.15) is 6.54 Å². The molecule has 8 heteroatoms. The zero-order chi connectivity index (χ0) is 16.9. The Hall–Kier alpha value is -1.12. The summed E-state index contributed by atoms with van der Waals surface area (Å²) in [7, 11) is 0.260. The normalized spacial score (nSPS) is 11.5. The number of hydrogen-bond donors (Lipinski definition) is 1. The number of rotatable bonds is 7. The number of anilines is 1. The summed E-state index contributed by atoms with van der Waals surface area (Å²) in [5.41, 5.74) is 1.45. The van der Waals surface area contributed by atoms with Crippen molar-refractivity contribution in [3.05, 3.63) is 28.2 Å². The molecule has 0 radical (unpaired) electrons. The summed E-state index contributed by atoms with van der Waals surface area (Å²) < 4.78 is 25.8. The maximum atomic E-state index is 12.0. The number of likely N-dealkylation sites (N-methyl/N-ethyl adjacent to an activating group) is 1. The highest BCUT2D eigenvalue weighted by Gasteiger charge is 2.21. The van der Waals surface area contributed by atoms with Crippen LogP contribution in [0, 0.1) is 6.92 Å². The van der Waals surface area contributed by atoms with E-state index in [1.54, 1.807) is 12.1 Å². The summed E-state index contributed by atoms with van der Waals surface area (Å²) >= 11 is 3.38. The maximum absolute atomic E-state index is 12.0. The topological polar surface area (TPSA) is 69.7 Å². The van der Waals surface area contributed by atoms with E-state index in [0.717, 1.165) is 20.6 Å². The van der Waals surface area contributed by atoms with Gasteiger partial charge in [-0.1, -0.05) is 22.0 Å². The molecule has 0 fully saturated rings. The first kappa shape index (κ1) is 18.9. The van der Waals surface area contributed by atoms with E-state index in [2.05, 4.69) is 21.2 Å². The van der Waals surface area contributed by atoms with Crippen LogP contribution in [0.25, 0.3) is 0 Å². The van der Waals surface area contributed by atoms with Gasteiger partial charge in [0.05, 0.1) is 11.9 Å². The molecule has 1 N–H and O–H groups in total. The molecule has 0 spiro atoms. The van der Waals surface area contributed by atoms with E-state index in [4.69, 9.17) is 0 Å². The van der Waals surface area contributed by atoms with Crippen molar-refractivity contribution in [2.45, 2.75) is 6.92 Å². The number of nitrogens with one attached hydrogen (secondary N) is 1. The number of sulfonamides is 1. The predicted molar refractivity (Wildman–Crippen MR) is 92.6 cm³/mol. The van der Waals surface area contributed by atoms with Gasteiger partial charge in [-0.2, -0.15) is 0 Å². The Labute approximate surface area is 140 Å². The van der Waals surface area contributed by atoms with Gasteiger partial charge in [0.15, 0.2) is 0 Å². The summed E-state index contributed by atoms with van der Waals surface area (Å²) in [6, 6.07) is 5.19. The Balaban J connectivity index is 2.86. The van der Waals surface area contributed by atoms with Crippen molar-refractivity contribution in [1.82, 2.24) is 10.2 Å². The fourth-order valence-electron chi connectivity index (χ4n) is 1.74. The summed E-state index contributed by atoms with van der Waals surface area (Å²) in [5.74, 6) is -0.330. The highest BCUT2D eigenvalue weighted by Crippen LogP contribution is 2.25. The molecule has 0 aliphatic carbocycles. The van der Waals surface area contributed by atoms with Gasteiger partial charge >= 0.3 is 0 Å². The lowest BCUT2D eigenvalue weighted by atomic mass is 10.2. The molecule has 124 valence electrons. The van der Waals surface area contributed by atoms with E-state index >= 15 is 0 Å². The highest BCUT2D eigenvalue weighted by atomic mass is 79.9. The lowest BCUT2D eigenvalue weighted by Gasteiger charge is -2.22. The van der Waals surface area contributed by atoms with Crippen LogP contribution in [0.15, 0.2) is 22.7 Å². The number of aryl methyl sites for hydroxylation is 1. The minimum Gasteiger partial charge on any atom is -0.353 e. The van der Waals surface area contributed by atoms with Crippen molar-refractivity contribution in [3.63, 3.8) is 0 Å². The van der Waals surface area contributed by atoms with Crippen molar-refractivity contribution in [3.8, 4) is 0 Å². The van der Waals surface area contributed by atoms with Gasteiger partial charge in [-0.25, -0.2) is 8.42 Å². The average molecular weight is 392 g/mol.